The lowest BCUT2D eigenvalue weighted by molar-refractivity contribution is 1.17. The number of hydrogen-bond donors (Lipinski definition) is 0. The van der Waals surface area contributed by atoms with E-state index in [2.05, 4.69) is 140 Å². The Bertz CT molecular complexity index is 4430. The van der Waals surface area contributed by atoms with Crippen LogP contribution in [0.4, 0.5) is 34.1 Å². The second-order valence-corrected chi connectivity index (χ2v) is 18.1. The molecule has 11 aromatic carbocycles. The number of benzene rings is 11. The standard InChI is InChI=1S/C66H43BN4/c1-3-20-44(21-4-1)48-24-7-13-30-56(48)70-62-36-19-37-63-66(62)67(54-40-38-46(42-64(54)70)68-58-32-15-9-26-50(58)51-27-10-16-33-59(51)68)55-41-39-47(69-60-34-17-11-28-52(60)53-29-12-18-35-61(53)69)43-65(55)71(63)57-31-14-8-25-49(57)45-22-5-2-6-23-45/h1-43H/i1D,2D,3D,4D,5D,6D,20D,21D,22D,23D. The van der Waals surface area contributed by atoms with Crippen molar-refractivity contribution in [2.24, 2.45) is 0 Å². The van der Waals surface area contributed by atoms with Gasteiger partial charge in [0.25, 0.3) is 6.71 Å². The molecule has 2 aliphatic heterocycles. The van der Waals surface area contributed by atoms with Crippen molar-refractivity contribution < 1.29 is 13.7 Å². The van der Waals surface area contributed by atoms with Gasteiger partial charge in [-0.2, -0.15) is 0 Å². The van der Waals surface area contributed by atoms with Crippen LogP contribution in [-0.2, 0) is 0 Å². The Balaban J connectivity index is 1.06. The Morgan fingerprint density at radius 2 is 0.662 bits per heavy atom. The van der Waals surface area contributed by atoms with E-state index < -0.39 is 43.0 Å². The highest BCUT2D eigenvalue weighted by Crippen LogP contribution is 2.49. The molecule has 0 fully saturated rings. The number of hydrogen-bond acceptors (Lipinski definition) is 2. The molecule has 330 valence electrons. The molecular formula is C66H43BN4. The third kappa shape index (κ3) is 5.87. The van der Waals surface area contributed by atoms with Crippen LogP contribution in [0.2, 0.25) is 0 Å². The molecule has 0 saturated carbocycles. The predicted octanol–water partition coefficient (Wildman–Crippen LogP) is 15.3. The monoisotopic (exact) mass is 912 g/mol. The van der Waals surface area contributed by atoms with E-state index in [1.54, 1.807) is 0 Å². The maximum atomic E-state index is 9.32. The zero-order valence-electron chi connectivity index (χ0n) is 47.9. The van der Waals surface area contributed by atoms with Crippen molar-refractivity contribution >= 4 is 101 Å². The molecule has 2 aromatic heterocycles. The lowest BCUT2D eigenvalue weighted by atomic mass is 9.33. The summed E-state index contributed by atoms with van der Waals surface area (Å²) in [5, 5.41) is 4.42. The molecule has 0 spiro atoms. The summed E-state index contributed by atoms with van der Waals surface area (Å²) in [6, 6.07) is 63.7. The molecule has 0 bridgehead atoms. The number of rotatable bonds is 6. The van der Waals surface area contributed by atoms with E-state index in [1.807, 2.05) is 78.9 Å². The van der Waals surface area contributed by atoms with E-state index in [-0.39, 0.29) is 35.3 Å². The van der Waals surface area contributed by atoms with Crippen LogP contribution < -0.4 is 26.2 Å². The summed E-state index contributed by atoms with van der Waals surface area (Å²) >= 11 is 0. The number of aromatic nitrogens is 2. The summed E-state index contributed by atoms with van der Waals surface area (Å²) in [7, 11) is 0. The Morgan fingerprint density at radius 3 is 1.07 bits per heavy atom. The van der Waals surface area contributed by atoms with Crippen LogP contribution in [0.3, 0.4) is 0 Å². The van der Waals surface area contributed by atoms with E-state index in [1.165, 1.54) is 0 Å². The van der Waals surface area contributed by atoms with Gasteiger partial charge < -0.3 is 18.9 Å². The van der Waals surface area contributed by atoms with Gasteiger partial charge in [-0.1, -0.05) is 188 Å². The van der Waals surface area contributed by atoms with Crippen LogP contribution >= 0.6 is 0 Å². The van der Waals surface area contributed by atoms with Crippen LogP contribution in [0.1, 0.15) is 13.7 Å². The molecule has 0 radical (unpaired) electrons. The van der Waals surface area contributed by atoms with Crippen molar-refractivity contribution in [3.8, 4) is 33.6 Å². The Kier molecular flexibility index (Phi) is 6.80. The molecule has 0 atom stereocenters. The van der Waals surface area contributed by atoms with E-state index in [0.29, 0.717) is 22.5 Å². The number of para-hydroxylation sites is 6. The average Bonchev–Trinajstić information content (AvgIpc) is 2.24. The first-order valence-electron chi connectivity index (χ1n) is 28.7. The molecule has 0 aliphatic carbocycles. The van der Waals surface area contributed by atoms with E-state index in [0.717, 1.165) is 94.1 Å². The molecule has 5 heteroatoms. The Hall–Kier alpha value is -9.32. The lowest BCUT2D eigenvalue weighted by Crippen LogP contribution is -2.61. The molecule has 0 saturated heterocycles. The normalized spacial score (nSPS) is 14.7. The van der Waals surface area contributed by atoms with Crippen LogP contribution in [0.25, 0.3) is 77.2 Å². The topological polar surface area (TPSA) is 16.3 Å². The van der Waals surface area contributed by atoms with Gasteiger partial charge in [-0.25, -0.2) is 0 Å². The van der Waals surface area contributed by atoms with Gasteiger partial charge in [0.15, 0.2) is 0 Å². The van der Waals surface area contributed by atoms with E-state index >= 15 is 0 Å². The van der Waals surface area contributed by atoms with Gasteiger partial charge in [0.05, 0.1) is 47.1 Å². The Morgan fingerprint density at radius 1 is 0.310 bits per heavy atom. The van der Waals surface area contributed by atoms with Crippen LogP contribution in [0, 0.1) is 0 Å². The third-order valence-electron chi connectivity index (χ3n) is 14.5. The third-order valence-corrected chi connectivity index (χ3v) is 14.5. The largest absolute Gasteiger partial charge is 0.311 e. The molecule has 4 nitrogen and oxygen atoms in total. The minimum Gasteiger partial charge on any atom is -0.311 e. The van der Waals surface area contributed by atoms with Gasteiger partial charge in [0, 0.05) is 66.8 Å². The summed E-state index contributed by atoms with van der Waals surface area (Å²) in [5.74, 6) is 0. The summed E-state index contributed by atoms with van der Waals surface area (Å²) in [6.45, 7) is -0.422. The molecule has 0 amide bonds. The average molecular weight is 913 g/mol. The van der Waals surface area contributed by atoms with Crippen molar-refractivity contribution in [3.63, 3.8) is 0 Å². The van der Waals surface area contributed by atoms with Gasteiger partial charge in [-0.05, 0) is 100 Å². The van der Waals surface area contributed by atoms with Crippen molar-refractivity contribution in [3.05, 3.63) is 261 Å². The zero-order valence-corrected chi connectivity index (χ0v) is 37.9. The highest BCUT2D eigenvalue weighted by Gasteiger charge is 2.44. The van der Waals surface area contributed by atoms with Crippen molar-refractivity contribution in [1.29, 1.82) is 0 Å². The minimum atomic E-state index is -0.478. The first-order valence-corrected chi connectivity index (χ1v) is 23.7. The molecule has 2 aliphatic rings. The lowest BCUT2D eigenvalue weighted by Gasteiger charge is -2.45. The van der Waals surface area contributed by atoms with Gasteiger partial charge >= 0.3 is 0 Å². The predicted molar refractivity (Wildman–Crippen MR) is 300 cm³/mol. The zero-order chi connectivity index (χ0) is 55.3. The highest BCUT2D eigenvalue weighted by molar-refractivity contribution is 7.00. The second kappa shape index (κ2) is 15.6. The highest BCUT2D eigenvalue weighted by atomic mass is 15.2. The van der Waals surface area contributed by atoms with Crippen LogP contribution in [0.5, 0.6) is 0 Å². The molecule has 13 aromatic rings. The Labute approximate surface area is 426 Å². The molecular weight excluding hydrogens is 860 g/mol. The fourth-order valence-electron chi connectivity index (χ4n) is 11.6. The SMILES string of the molecule is [2H]c1c([2H])c([2H])c(-c2ccccc2N2c3cc(-n4c5ccccc5c5ccccc54)ccc3B3c4ccc(-n5c6ccccc6c6ccccc65)cc4N(c4ccccc4-c4c([2H])c([2H])c([2H])c([2H])c4[2H])c4cccc2c43)c([2H])c1[2H]. The van der Waals surface area contributed by atoms with Gasteiger partial charge in [0.1, 0.15) is 0 Å². The fourth-order valence-corrected chi connectivity index (χ4v) is 11.6. The first kappa shape index (κ1) is 30.9. The smallest absolute Gasteiger partial charge is 0.252 e. The van der Waals surface area contributed by atoms with Crippen LogP contribution in [-0.4, -0.2) is 15.8 Å². The molecule has 71 heavy (non-hydrogen) atoms. The summed E-state index contributed by atoms with van der Waals surface area (Å²) in [5.41, 5.74) is 14.0. The van der Waals surface area contributed by atoms with Gasteiger partial charge in [-0.15, -0.1) is 0 Å². The molecule has 0 N–H and O–H groups in total. The molecule has 4 heterocycles. The van der Waals surface area contributed by atoms with Crippen molar-refractivity contribution in [1.82, 2.24) is 9.13 Å². The number of nitrogens with zero attached hydrogens (tertiary/aromatic N) is 4. The summed E-state index contributed by atoms with van der Waals surface area (Å²) in [4.78, 5) is 4.32. The molecule has 0 unspecified atom stereocenters. The van der Waals surface area contributed by atoms with Crippen molar-refractivity contribution in [2.45, 2.75) is 0 Å². The quantitative estimate of drug-likeness (QED) is 0.155. The minimum absolute atomic E-state index is 0.0701. The summed E-state index contributed by atoms with van der Waals surface area (Å²) in [6.07, 6.45) is 0. The van der Waals surface area contributed by atoms with E-state index in [9.17, 15) is 5.48 Å². The van der Waals surface area contributed by atoms with Crippen LogP contribution in [0.15, 0.2) is 261 Å². The molecule has 15 rings (SSSR count). The summed E-state index contributed by atoms with van der Waals surface area (Å²) < 4.78 is 94.3. The first-order chi connectivity index (χ1) is 39.4. The number of fused-ring (bicyclic) bond motifs is 10. The van der Waals surface area contributed by atoms with Crippen molar-refractivity contribution in [2.75, 3.05) is 9.80 Å². The van der Waals surface area contributed by atoms with E-state index in [4.69, 9.17) is 8.22 Å². The maximum absolute atomic E-state index is 9.32. The van der Waals surface area contributed by atoms with Gasteiger partial charge in [-0.3, -0.25) is 0 Å². The maximum Gasteiger partial charge on any atom is 0.252 e. The fraction of sp³-hybridized carbons (Fsp3) is 0. The number of anilines is 6. The van der Waals surface area contributed by atoms with Gasteiger partial charge in [0.2, 0.25) is 0 Å². The second-order valence-electron chi connectivity index (χ2n) is 18.1.